The molecule has 0 saturated heterocycles. The molecule has 1 unspecified atom stereocenters. The maximum Gasteiger partial charge on any atom is 0.227 e. The third-order valence-corrected chi connectivity index (χ3v) is 16.7. The maximum atomic E-state index is 6.21. The van der Waals surface area contributed by atoms with E-state index < -0.39 is 0 Å². The van der Waals surface area contributed by atoms with Crippen LogP contribution >= 0.6 is 11.3 Å². The van der Waals surface area contributed by atoms with Crippen LogP contribution in [-0.2, 0) is 6.42 Å². The summed E-state index contributed by atoms with van der Waals surface area (Å²) in [6.45, 7) is 2.30. The molecule has 0 spiro atoms. The molecule has 0 amide bonds. The van der Waals surface area contributed by atoms with E-state index in [1.54, 1.807) is 0 Å². The average Bonchev–Trinajstić information content (AvgIpc) is 4.44. The Morgan fingerprint density at radius 2 is 1.08 bits per heavy atom. The van der Waals surface area contributed by atoms with Gasteiger partial charge < -0.3 is 18.5 Å². The Balaban J connectivity index is 0.000000145. The summed E-state index contributed by atoms with van der Waals surface area (Å²) in [4.78, 5) is 11.8. The highest BCUT2D eigenvalue weighted by molar-refractivity contribution is 7.26. The Kier molecular flexibility index (Phi) is 11.0. The summed E-state index contributed by atoms with van der Waals surface area (Å²) in [5.41, 5.74) is 18.1. The number of aromatic nitrogens is 4. The fourth-order valence-electron chi connectivity index (χ4n) is 11.8. The van der Waals surface area contributed by atoms with Crippen LogP contribution in [0.2, 0.25) is 0 Å². The molecule has 0 N–H and O–H groups in total. The summed E-state index contributed by atoms with van der Waals surface area (Å²) in [6.07, 6.45) is 11.6. The van der Waals surface area contributed by atoms with Gasteiger partial charge in [-0.15, -0.1) is 11.3 Å². The summed E-state index contributed by atoms with van der Waals surface area (Å²) in [7, 11) is 0. The topological polar surface area (TPSA) is 52.0 Å². The van der Waals surface area contributed by atoms with Gasteiger partial charge in [0.1, 0.15) is 5.58 Å². The van der Waals surface area contributed by atoms with E-state index in [1.165, 1.54) is 75.5 Å². The van der Waals surface area contributed by atoms with Gasteiger partial charge in [0.15, 0.2) is 0 Å². The number of allylic oxidation sites excluding steroid dienone is 1. The van der Waals surface area contributed by atoms with Gasteiger partial charge in [0.05, 0.1) is 50.4 Å². The predicted molar refractivity (Wildman–Crippen MR) is 327 cm³/mol. The number of thiophene rings is 1. The molecule has 0 saturated carbocycles. The van der Waals surface area contributed by atoms with Crippen molar-refractivity contribution in [3.8, 4) is 33.6 Å². The van der Waals surface area contributed by atoms with Crippen molar-refractivity contribution in [1.29, 1.82) is 0 Å². The normalized spacial score (nSPS) is 13.2. The van der Waals surface area contributed by atoms with E-state index in [2.05, 4.69) is 263 Å². The minimum absolute atomic E-state index is 0.537. The van der Waals surface area contributed by atoms with Crippen LogP contribution in [0.4, 0.5) is 17.1 Å². The van der Waals surface area contributed by atoms with Crippen LogP contribution in [0.3, 0.4) is 0 Å². The van der Waals surface area contributed by atoms with Gasteiger partial charge in [0.25, 0.3) is 0 Å². The highest BCUT2D eigenvalue weighted by Crippen LogP contribution is 2.45. The molecule has 78 heavy (non-hydrogen) atoms. The lowest BCUT2D eigenvalue weighted by Gasteiger charge is -2.25. The van der Waals surface area contributed by atoms with Crippen molar-refractivity contribution >= 4 is 109 Å². The van der Waals surface area contributed by atoms with Crippen molar-refractivity contribution < 1.29 is 4.42 Å². The second-order valence-corrected chi connectivity index (χ2v) is 21.3. The van der Waals surface area contributed by atoms with E-state index in [9.17, 15) is 0 Å². The van der Waals surface area contributed by atoms with Crippen LogP contribution in [-0.4, -0.2) is 19.1 Å². The minimum Gasteiger partial charge on any atom is -0.438 e. The molecular formula is C71H49N5OS. The first-order chi connectivity index (χ1) is 38.6. The first-order valence-corrected chi connectivity index (χ1v) is 27.4. The number of hydrogen-bond donors (Lipinski definition) is 0. The van der Waals surface area contributed by atoms with Crippen LogP contribution in [0.1, 0.15) is 18.2 Å². The smallest absolute Gasteiger partial charge is 0.227 e. The lowest BCUT2D eigenvalue weighted by molar-refractivity contribution is 0.654. The van der Waals surface area contributed by atoms with E-state index in [1.807, 2.05) is 36.0 Å². The molecule has 15 aromatic rings. The molecule has 0 bridgehead atoms. The quantitative estimate of drug-likeness (QED) is 0.160. The maximum absolute atomic E-state index is 6.21. The van der Waals surface area contributed by atoms with Gasteiger partial charge in [0.2, 0.25) is 5.71 Å². The van der Waals surface area contributed by atoms with Crippen molar-refractivity contribution in [3.05, 3.63) is 266 Å². The molecule has 1 aliphatic rings. The third kappa shape index (κ3) is 7.69. The Morgan fingerprint density at radius 3 is 1.79 bits per heavy atom. The third-order valence-electron chi connectivity index (χ3n) is 15.5. The van der Waals surface area contributed by atoms with Gasteiger partial charge in [0, 0.05) is 66.0 Å². The van der Waals surface area contributed by atoms with Gasteiger partial charge in [-0.2, -0.15) is 0 Å². The standard InChI is InChI=1S/C42H29N3O.C29H20N2S/c1-26-15-18-39-33(21-26)31-11-5-7-13-37(31)44(39)29-17-19-40-34(23-29)32-12-6-8-14-38(32)45(40)30-24-36-35-22-28(27-9-3-2-4-10-27)16-20-41(35)46-42(36)43-25-30;1-4-10-21(11-5-1)22-16-17-28-25(18-22)26-19-30-20-27(29(26)32-28)31(23-12-6-2-7-13-23)24-14-8-3-9-15-24/h2-20,22-26H,21H2,1H3;1-20H. The number of pyridine rings is 2. The summed E-state index contributed by atoms with van der Waals surface area (Å²) in [5.74, 6) is 0.537. The number of hydrogen-bond acceptors (Lipinski definition) is 5. The zero-order valence-corrected chi connectivity index (χ0v) is 43.5. The van der Waals surface area contributed by atoms with Gasteiger partial charge in [-0.25, -0.2) is 4.98 Å². The number of furan rings is 1. The van der Waals surface area contributed by atoms with Gasteiger partial charge in [-0.3, -0.25) is 4.98 Å². The molecule has 6 heterocycles. The Bertz CT molecular complexity index is 4740. The zero-order chi connectivity index (χ0) is 51.7. The lowest BCUT2D eigenvalue weighted by Crippen LogP contribution is -2.10. The monoisotopic (exact) mass is 1020 g/mol. The fraction of sp³-hybridized carbons (Fsp3) is 0.0423. The summed E-state index contributed by atoms with van der Waals surface area (Å²) in [5, 5.41) is 8.31. The van der Waals surface area contributed by atoms with Crippen LogP contribution < -0.4 is 4.90 Å². The van der Waals surface area contributed by atoms with E-state index in [0.717, 1.165) is 62.1 Å². The van der Waals surface area contributed by atoms with E-state index in [4.69, 9.17) is 9.40 Å². The number of fused-ring (bicyclic) bond motifs is 12. The van der Waals surface area contributed by atoms with Crippen molar-refractivity contribution in [2.45, 2.75) is 13.3 Å². The molecule has 16 rings (SSSR count). The Hall–Kier alpha value is -9.82. The SMILES string of the molecule is CC1C=Cc2c(c3ccccc3n2-c2ccc3c(c2)c2ccccc2n3-c2cnc3oc4ccc(-c5ccccc5)cc4c3c2)C1.c1ccc(-c2ccc3sc4c(N(c5ccccc5)c5ccccc5)cncc4c3c2)cc1. The second kappa shape index (κ2) is 18.8. The summed E-state index contributed by atoms with van der Waals surface area (Å²) < 4.78 is 13.5. The van der Waals surface area contributed by atoms with Crippen LogP contribution in [0, 0.1) is 5.92 Å². The van der Waals surface area contributed by atoms with Crippen molar-refractivity contribution in [1.82, 2.24) is 19.1 Å². The van der Waals surface area contributed by atoms with Crippen LogP contribution in [0.15, 0.2) is 260 Å². The summed E-state index contributed by atoms with van der Waals surface area (Å²) >= 11 is 1.83. The molecule has 0 radical (unpaired) electrons. The highest BCUT2D eigenvalue weighted by Gasteiger charge is 2.23. The molecule has 6 aromatic heterocycles. The summed E-state index contributed by atoms with van der Waals surface area (Å²) in [6, 6.07) is 81.8. The number of rotatable bonds is 7. The van der Waals surface area contributed by atoms with Crippen LogP contribution in [0.5, 0.6) is 0 Å². The second-order valence-electron chi connectivity index (χ2n) is 20.3. The zero-order valence-electron chi connectivity index (χ0n) is 42.7. The molecule has 0 fully saturated rings. The fourth-order valence-corrected chi connectivity index (χ4v) is 13.0. The number of nitrogens with zero attached hydrogens (tertiary/aromatic N) is 5. The molecule has 6 nitrogen and oxygen atoms in total. The number of anilines is 3. The number of benzene rings is 9. The molecule has 370 valence electrons. The van der Waals surface area contributed by atoms with E-state index >= 15 is 0 Å². The minimum atomic E-state index is 0.537. The largest absolute Gasteiger partial charge is 0.438 e. The Morgan fingerprint density at radius 1 is 0.474 bits per heavy atom. The highest BCUT2D eigenvalue weighted by atomic mass is 32.1. The molecule has 9 aromatic carbocycles. The van der Waals surface area contributed by atoms with Crippen molar-refractivity contribution in [2.24, 2.45) is 5.92 Å². The number of para-hydroxylation sites is 4. The molecule has 7 heteroatoms. The van der Waals surface area contributed by atoms with E-state index in [-0.39, 0.29) is 0 Å². The molecular weight excluding hydrogens is 971 g/mol. The van der Waals surface area contributed by atoms with Crippen molar-refractivity contribution in [3.63, 3.8) is 0 Å². The average molecular weight is 1020 g/mol. The van der Waals surface area contributed by atoms with Crippen LogP contribution in [0.25, 0.3) is 115 Å². The van der Waals surface area contributed by atoms with E-state index in [0.29, 0.717) is 11.6 Å². The van der Waals surface area contributed by atoms with Gasteiger partial charge in [-0.05, 0) is 131 Å². The predicted octanol–water partition coefficient (Wildman–Crippen LogP) is 19.5. The first-order valence-electron chi connectivity index (χ1n) is 26.6. The van der Waals surface area contributed by atoms with Gasteiger partial charge >= 0.3 is 0 Å². The molecule has 1 aliphatic carbocycles. The molecule has 1 atom stereocenters. The first kappa shape index (κ1) is 45.6. The lowest BCUT2D eigenvalue weighted by atomic mass is 9.93. The Labute approximate surface area is 454 Å². The van der Waals surface area contributed by atoms with Crippen molar-refractivity contribution in [2.75, 3.05) is 4.90 Å². The molecule has 0 aliphatic heterocycles. The van der Waals surface area contributed by atoms with Gasteiger partial charge in [-0.1, -0.05) is 159 Å².